The van der Waals surface area contributed by atoms with Crippen molar-refractivity contribution < 1.29 is 28.6 Å². The van der Waals surface area contributed by atoms with Crippen molar-refractivity contribution in [2.45, 2.75) is 20.3 Å². The highest BCUT2D eigenvalue weighted by molar-refractivity contribution is 5.97. The third kappa shape index (κ3) is 6.15. The van der Waals surface area contributed by atoms with Crippen molar-refractivity contribution in [3.63, 3.8) is 0 Å². The Hall–Kier alpha value is -2.77. The molecule has 0 fully saturated rings. The molecular weight excluding hydrogens is 316 g/mol. The molecule has 0 aromatic heterocycles. The predicted molar refractivity (Wildman–Crippen MR) is 86.3 cm³/mol. The van der Waals surface area contributed by atoms with Gasteiger partial charge >= 0.3 is 12.0 Å². The molecule has 0 unspecified atom stereocenters. The van der Waals surface area contributed by atoms with Crippen LogP contribution in [0.2, 0.25) is 0 Å². The maximum absolute atomic E-state index is 12.0. The number of ether oxygens (including phenoxy) is 3. The Labute approximate surface area is 140 Å². The second kappa shape index (κ2) is 10.1. The second-order valence-electron chi connectivity index (χ2n) is 4.65. The van der Waals surface area contributed by atoms with Gasteiger partial charge in [0.2, 0.25) is 0 Å². The monoisotopic (exact) mass is 338 g/mol. The molecule has 0 saturated heterocycles. The van der Waals surface area contributed by atoms with Crippen LogP contribution in [0.1, 0.15) is 30.6 Å². The summed E-state index contributed by atoms with van der Waals surface area (Å²) in [6.45, 7) is 4.18. The van der Waals surface area contributed by atoms with Gasteiger partial charge in [-0.2, -0.15) is 0 Å². The van der Waals surface area contributed by atoms with E-state index < -0.39 is 24.5 Å². The fourth-order valence-electron chi connectivity index (χ4n) is 1.67. The van der Waals surface area contributed by atoms with E-state index in [-0.39, 0.29) is 5.56 Å². The van der Waals surface area contributed by atoms with E-state index in [4.69, 9.17) is 14.2 Å². The largest absolute Gasteiger partial charge is 0.490 e. The van der Waals surface area contributed by atoms with Gasteiger partial charge < -0.3 is 19.5 Å². The summed E-state index contributed by atoms with van der Waals surface area (Å²) in [7, 11) is 1.37. The Balaban J connectivity index is 2.71. The van der Waals surface area contributed by atoms with Crippen molar-refractivity contribution in [2.24, 2.45) is 0 Å². The molecule has 0 radical (unpaired) electrons. The van der Waals surface area contributed by atoms with Gasteiger partial charge in [0.15, 0.2) is 18.1 Å². The lowest BCUT2D eigenvalue weighted by Crippen LogP contribution is -2.39. The molecule has 0 heterocycles. The van der Waals surface area contributed by atoms with Gasteiger partial charge in [0, 0.05) is 7.05 Å². The van der Waals surface area contributed by atoms with Gasteiger partial charge in [0.25, 0.3) is 5.91 Å². The molecule has 0 aliphatic carbocycles. The highest BCUT2D eigenvalue weighted by Crippen LogP contribution is 2.29. The van der Waals surface area contributed by atoms with Gasteiger partial charge in [-0.1, -0.05) is 6.92 Å². The van der Waals surface area contributed by atoms with E-state index in [1.54, 1.807) is 6.07 Å². The van der Waals surface area contributed by atoms with Crippen molar-refractivity contribution in [1.82, 2.24) is 10.6 Å². The summed E-state index contributed by atoms with van der Waals surface area (Å²) >= 11 is 0. The molecule has 0 aliphatic rings. The van der Waals surface area contributed by atoms with Crippen LogP contribution < -0.4 is 20.1 Å². The Bertz CT molecular complexity index is 588. The van der Waals surface area contributed by atoms with Crippen LogP contribution in [0.15, 0.2) is 18.2 Å². The van der Waals surface area contributed by atoms with E-state index in [1.807, 2.05) is 19.2 Å². The van der Waals surface area contributed by atoms with Gasteiger partial charge in [-0.15, -0.1) is 0 Å². The summed E-state index contributed by atoms with van der Waals surface area (Å²) in [6, 6.07) is 3.95. The average Bonchev–Trinajstić information content (AvgIpc) is 2.58. The summed E-state index contributed by atoms with van der Waals surface area (Å²) in [5, 5.41) is 4.21. The Morgan fingerprint density at radius 1 is 1.08 bits per heavy atom. The zero-order valence-electron chi connectivity index (χ0n) is 14.0. The molecule has 3 amide bonds. The van der Waals surface area contributed by atoms with Gasteiger partial charge in [-0.25, -0.2) is 9.59 Å². The molecule has 8 nitrogen and oxygen atoms in total. The molecule has 0 aliphatic heterocycles. The van der Waals surface area contributed by atoms with Crippen LogP contribution in [-0.4, -0.2) is 44.8 Å². The lowest BCUT2D eigenvalue weighted by atomic mass is 10.2. The number of benzene rings is 1. The molecule has 24 heavy (non-hydrogen) atoms. The van der Waals surface area contributed by atoms with Crippen molar-refractivity contribution in [2.75, 3.05) is 26.9 Å². The SMILES string of the molecule is CCCOc1ccc(C(=O)OCC(=O)NC(=O)NC)cc1OCC. The van der Waals surface area contributed by atoms with Crippen LogP contribution >= 0.6 is 0 Å². The first-order chi connectivity index (χ1) is 11.5. The van der Waals surface area contributed by atoms with Crippen LogP contribution in [-0.2, 0) is 9.53 Å². The molecular formula is C16H22N2O6. The van der Waals surface area contributed by atoms with Gasteiger partial charge in [0.1, 0.15) is 0 Å². The fraction of sp³-hybridized carbons (Fsp3) is 0.438. The molecule has 0 saturated carbocycles. The summed E-state index contributed by atoms with van der Waals surface area (Å²) < 4.78 is 15.9. The minimum absolute atomic E-state index is 0.218. The van der Waals surface area contributed by atoms with Gasteiger partial charge in [0.05, 0.1) is 18.8 Å². The lowest BCUT2D eigenvalue weighted by molar-refractivity contribution is -0.123. The minimum atomic E-state index is -0.726. The minimum Gasteiger partial charge on any atom is -0.490 e. The molecule has 1 aromatic carbocycles. The first-order valence-corrected chi connectivity index (χ1v) is 7.60. The maximum atomic E-state index is 12.0. The number of amides is 3. The average molecular weight is 338 g/mol. The van der Waals surface area contributed by atoms with Crippen LogP contribution in [0, 0.1) is 0 Å². The summed E-state index contributed by atoms with van der Waals surface area (Å²) in [4.78, 5) is 34.3. The summed E-state index contributed by atoms with van der Waals surface area (Å²) in [5.74, 6) is -0.469. The van der Waals surface area contributed by atoms with Crippen molar-refractivity contribution in [1.29, 1.82) is 0 Å². The number of hydrogen-bond acceptors (Lipinski definition) is 6. The maximum Gasteiger partial charge on any atom is 0.338 e. The number of imide groups is 1. The topological polar surface area (TPSA) is 103 Å². The zero-order valence-corrected chi connectivity index (χ0v) is 14.0. The number of hydrogen-bond donors (Lipinski definition) is 2. The highest BCUT2D eigenvalue weighted by Gasteiger charge is 2.15. The number of rotatable bonds is 8. The van der Waals surface area contributed by atoms with E-state index >= 15 is 0 Å². The molecule has 1 rings (SSSR count). The van der Waals surface area contributed by atoms with Crippen LogP contribution in [0.4, 0.5) is 4.79 Å². The van der Waals surface area contributed by atoms with Crippen LogP contribution in [0.3, 0.4) is 0 Å². The predicted octanol–water partition coefficient (Wildman–Crippen LogP) is 1.49. The molecule has 132 valence electrons. The highest BCUT2D eigenvalue weighted by atomic mass is 16.5. The van der Waals surface area contributed by atoms with Crippen LogP contribution in [0.25, 0.3) is 0 Å². The van der Waals surface area contributed by atoms with E-state index in [9.17, 15) is 14.4 Å². The van der Waals surface area contributed by atoms with Gasteiger partial charge in [-0.05, 0) is 31.5 Å². The molecule has 1 aromatic rings. The zero-order chi connectivity index (χ0) is 17.9. The van der Waals surface area contributed by atoms with Crippen molar-refractivity contribution >= 4 is 17.9 Å². The number of carbonyl (C=O) groups is 3. The normalized spacial score (nSPS) is 9.79. The van der Waals surface area contributed by atoms with Crippen molar-refractivity contribution in [3.8, 4) is 11.5 Å². The number of urea groups is 1. The summed E-state index contributed by atoms with van der Waals surface area (Å²) in [6.07, 6.45) is 0.843. The molecule has 0 atom stereocenters. The first-order valence-electron chi connectivity index (χ1n) is 7.60. The van der Waals surface area contributed by atoms with Gasteiger partial charge in [-0.3, -0.25) is 10.1 Å². The summed E-state index contributed by atoms with van der Waals surface area (Å²) in [5.41, 5.74) is 0.218. The standard InChI is InChI=1S/C16H22N2O6/c1-4-8-23-12-7-6-11(9-13(12)22-5-2)15(20)24-10-14(19)18-16(21)17-3/h6-7,9H,4-5,8,10H2,1-3H3,(H2,17,18,19,21). The van der Waals surface area contributed by atoms with E-state index in [1.165, 1.54) is 19.2 Å². The molecule has 0 bridgehead atoms. The Morgan fingerprint density at radius 3 is 2.46 bits per heavy atom. The number of esters is 1. The number of nitrogens with one attached hydrogen (secondary N) is 2. The lowest BCUT2D eigenvalue weighted by Gasteiger charge is -2.12. The molecule has 0 spiro atoms. The second-order valence-corrected chi connectivity index (χ2v) is 4.65. The molecule has 8 heteroatoms. The first kappa shape index (κ1) is 19.3. The smallest absolute Gasteiger partial charge is 0.338 e. The Kier molecular flexibility index (Phi) is 8.10. The molecule has 2 N–H and O–H groups in total. The van der Waals surface area contributed by atoms with E-state index in [2.05, 4.69) is 5.32 Å². The van der Waals surface area contributed by atoms with E-state index in [0.29, 0.717) is 24.7 Å². The van der Waals surface area contributed by atoms with E-state index in [0.717, 1.165) is 6.42 Å². The van der Waals surface area contributed by atoms with Crippen LogP contribution in [0.5, 0.6) is 11.5 Å². The quantitative estimate of drug-likeness (QED) is 0.696. The Morgan fingerprint density at radius 2 is 1.83 bits per heavy atom. The fourth-order valence-corrected chi connectivity index (χ4v) is 1.67. The third-order valence-electron chi connectivity index (χ3n) is 2.76. The van der Waals surface area contributed by atoms with Crippen molar-refractivity contribution in [3.05, 3.63) is 23.8 Å². The third-order valence-corrected chi connectivity index (χ3v) is 2.76. The number of carbonyl (C=O) groups excluding carboxylic acids is 3.